The van der Waals surface area contributed by atoms with E-state index in [9.17, 15) is 18.3 Å². The molecule has 1 unspecified atom stereocenters. The van der Waals surface area contributed by atoms with Gasteiger partial charge in [0.15, 0.2) is 0 Å². The molecule has 4 aromatic rings. The fourth-order valence-corrected chi connectivity index (χ4v) is 6.81. The number of H-pyrrole nitrogens is 1. The molecule has 1 atom stereocenters. The first kappa shape index (κ1) is 22.3. The first-order valence-corrected chi connectivity index (χ1v) is 13.0. The predicted octanol–water partition coefficient (Wildman–Crippen LogP) is 3.33. The van der Waals surface area contributed by atoms with E-state index in [4.69, 9.17) is 11.6 Å². The molecule has 0 spiro atoms. The van der Waals surface area contributed by atoms with Gasteiger partial charge in [-0.3, -0.25) is 9.78 Å². The molecule has 1 saturated heterocycles. The van der Waals surface area contributed by atoms with E-state index in [1.807, 2.05) is 12.1 Å². The minimum atomic E-state index is -3.81. The molecule has 33 heavy (non-hydrogen) atoms. The number of rotatable bonds is 5. The Bertz CT molecular complexity index is 1420. The van der Waals surface area contributed by atoms with E-state index in [1.165, 1.54) is 15.6 Å². The Morgan fingerprint density at radius 1 is 1.24 bits per heavy atom. The van der Waals surface area contributed by atoms with Crippen LogP contribution in [0.4, 0.5) is 0 Å². The molecule has 1 aliphatic rings. The summed E-state index contributed by atoms with van der Waals surface area (Å²) >= 11 is 7.38. The fourth-order valence-electron chi connectivity index (χ4n) is 4.18. The van der Waals surface area contributed by atoms with Crippen LogP contribution >= 0.6 is 22.9 Å². The molecule has 0 saturated carbocycles. The Hall–Kier alpha value is -2.50. The molecule has 1 amide bonds. The number of nitrogens with zero attached hydrogens (tertiary/aromatic N) is 3. The number of fused-ring (bicyclic) bond motifs is 2. The smallest absolute Gasteiger partial charge is 0.264 e. The Labute approximate surface area is 199 Å². The fraction of sp³-hybridized carbons (Fsp3) is 0.273. The second-order valence-corrected chi connectivity index (χ2v) is 11.3. The topological polar surface area (TPSA) is 107 Å². The van der Waals surface area contributed by atoms with Gasteiger partial charge in [-0.05, 0) is 42.8 Å². The van der Waals surface area contributed by atoms with Crippen LogP contribution in [0.5, 0.6) is 0 Å². The maximum atomic E-state index is 13.3. The summed E-state index contributed by atoms with van der Waals surface area (Å²) < 4.78 is 29.0. The van der Waals surface area contributed by atoms with Crippen molar-refractivity contribution >= 4 is 60.0 Å². The number of benzene rings is 1. The van der Waals surface area contributed by atoms with Gasteiger partial charge in [0.05, 0.1) is 15.1 Å². The largest absolute Gasteiger partial charge is 0.396 e. The normalized spacial score (nSPS) is 17.8. The zero-order valence-corrected chi connectivity index (χ0v) is 19.8. The van der Waals surface area contributed by atoms with Crippen molar-refractivity contribution in [3.63, 3.8) is 0 Å². The number of aliphatic hydroxyl groups excluding tert-OH is 1. The van der Waals surface area contributed by atoms with Gasteiger partial charge < -0.3 is 15.0 Å². The van der Waals surface area contributed by atoms with Gasteiger partial charge in [-0.25, -0.2) is 8.42 Å². The number of hydrogen-bond donors (Lipinski definition) is 2. The molecule has 4 heterocycles. The number of carbonyl (C=O) groups is 1. The molecule has 0 radical (unpaired) electrons. The molecule has 0 aliphatic carbocycles. The summed E-state index contributed by atoms with van der Waals surface area (Å²) in [7, 11) is -3.81. The van der Waals surface area contributed by atoms with Crippen molar-refractivity contribution in [1.29, 1.82) is 0 Å². The zero-order chi connectivity index (χ0) is 23.2. The lowest BCUT2D eigenvalue weighted by atomic mass is 10.1. The van der Waals surface area contributed by atoms with E-state index in [0.717, 1.165) is 15.6 Å². The van der Waals surface area contributed by atoms with Gasteiger partial charge in [0.1, 0.15) is 5.03 Å². The lowest BCUT2D eigenvalue weighted by Crippen LogP contribution is -2.56. The minimum absolute atomic E-state index is 0.0814. The number of halogens is 1. The lowest BCUT2D eigenvalue weighted by molar-refractivity contribution is 0.0524. The quantitative estimate of drug-likeness (QED) is 0.433. The van der Waals surface area contributed by atoms with Gasteiger partial charge in [0.2, 0.25) is 0 Å². The number of nitrogens with one attached hydrogen (secondary N) is 1. The van der Waals surface area contributed by atoms with E-state index in [1.54, 1.807) is 41.4 Å². The van der Waals surface area contributed by atoms with Crippen molar-refractivity contribution in [3.8, 4) is 0 Å². The number of thiophene rings is 1. The van der Waals surface area contributed by atoms with Gasteiger partial charge in [-0.15, -0.1) is 11.3 Å². The van der Waals surface area contributed by atoms with Gasteiger partial charge in [-0.2, -0.15) is 4.31 Å². The zero-order valence-electron chi connectivity index (χ0n) is 17.4. The van der Waals surface area contributed by atoms with E-state index < -0.39 is 16.1 Å². The Kier molecular flexibility index (Phi) is 5.87. The van der Waals surface area contributed by atoms with Crippen LogP contribution in [0.25, 0.3) is 21.1 Å². The van der Waals surface area contributed by atoms with Gasteiger partial charge in [0, 0.05) is 54.4 Å². The monoisotopic (exact) mass is 504 g/mol. The summed E-state index contributed by atoms with van der Waals surface area (Å²) in [6.07, 6.45) is 1.96. The second kappa shape index (κ2) is 8.69. The number of aliphatic hydroxyl groups is 1. The first-order chi connectivity index (χ1) is 15.9. The average molecular weight is 505 g/mol. The number of hydrogen-bond acceptors (Lipinski definition) is 6. The lowest BCUT2D eigenvalue weighted by Gasteiger charge is -2.40. The highest BCUT2D eigenvalue weighted by molar-refractivity contribution is 7.89. The molecule has 8 nitrogen and oxygen atoms in total. The molecule has 11 heteroatoms. The molecule has 3 aromatic heterocycles. The number of amides is 1. The Morgan fingerprint density at radius 2 is 2.09 bits per heavy atom. The summed E-state index contributed by atoms with van der Waals surface area (Å²) in [4.78, 5) is 22.7. The van der Waals surface area contributed by atoms with Crippen LogP contribution < -0.4 is 0 Å². The third-order valence-corrected chi connectivity index (χ3v) is 8.94. The number of aromatic amines is 1. The van der Waals surface area contributed by atoms with Crippen LogP contribution in [0, 0.1) is 0 Å². The van der Waals surface area contributed by atoms with Crippen molar-refractivity contribution < 1.29 is 18.3 Å². The van der Waals surface area contributed by atoms with E-state index in [0.29, 0.717) is 15.4 Å². The maximum absolute atomic E-state index is 13.3. The number of carbonyl (C=O) groups excluding carboxylic acids is 1. The molecule has 0 bridgehead atoms. The number of piperazine rings is 1. The third kappa shape index (κ3) is 4.13. The molecule has 1 aromatic carbocycles. The van der Waals surface area contributed by atoms with Crippen LogP contribution in [0.2, 0.25) is 5.02 Å². The Morgan fingerprint density at radius 3 is 2.88 bits per heavy atom. The van der Waals surface area contributed by atoms with Crippen molar-refractivity contribution in [1.82, 2.24) is 19.2 Å². The molecule has 1 fully saturated rings. The average Bonchev–Trinajstić information content (AvgIpc) is 3.43. The van der Waals surface area contributed by atoms with Crippen LogP contribution in [0.15, 0.2) is 53.7 Å². The van der Waals surface area contributed by atoms with Gasteiger partial charge in [0.25, 0.3) is 15.9 Å². The van der Waals surface area contributed by atoms with Gasteiger partial charge >= 0.3 is 0 Å². The highest BCUT2D eigenvalue weighted by Crippen LogP contribution is 2.29. The van der Waals surface area contributed by atoms with Crippen LogP contribution in [0.1, 0.15) is 16.1 Å². The summed E-state index contributed by atoms with van der Waals surface area (Å²) in [5.41, 5.74) is 1.39. The van der Waals surface area contributed by atoms with Crippen molar-refractivity contribution in [2.75, 3.05) is 26.2 Å². The van der Waals surface area contributed by atoms with Crippen LogP contribution in [-0.2, 0) is 10.0 Å². The summed E-state index contributed by atoms with van der Waals surface area (Å²) in [6.45, 7) is 0.348. The Balaban J connectivity index is 1.40. The molecule has 172 valence electrons. The van der Waals surface area contributed by atoms with Gasteiger partial charge in [-0.1, -0.05) is 17.7 Å². The first-order valence-electron chi connectivity index (χ1n) is 10.4. The molecule has 2 N–H and O–H groups in total. The molecule has 5 rings (SSSR count). The summed E-state index contributed by atoms with van der Waals surface area (Å²) in [5.74, 6) is -0.172. The molecular formula is C22H21ClN4O4S2. The number of pyridine rings is 1. The van der Waals surface area contributed by atoms with Crippen molar-refractivity contribution in [2.24, 2.45) is 0 Å². The van der Waals surface area contributed by atoms with Crippen LogP contribution in [-0.4, -0.2) is 70.9 Å². The molecule has 1 aliphatic heterocycles. The predicted molar refractivity (Wildman–Crippen MR) is 128 cm³/mol. The standard InChI is InChI=1S/C22H21ClN4O4S2/c23-15-4-3-14-10-21(25-17(14)11-15)33(30,31)26-7-8-27(16(13-26)5-9-28)22(29)20-12-18-19(32-20)2-1-6-24-18/h1-4,6,10-12,16,25,28H,5,7-9,13H2. The van der Waals surface area contributed by atoms with E-state index in [2.05, 4.69) is 9.97 Å². The summed E-state index contributed by atoms with van der Waals surface area (Å²) in [6, 6.07) is 11.8. The van der Waals surface area contributed by atoms with Crippen LogP contribution in [0.3, 0.4) is 0 Å². The maximum Gasteiger partial charge on any atom is 0.264 e. The summed E-state index contributed by atoms with van der Waals surface area (Å²) in [5, 5.41) is 10.9. The van der Waals surface area contributed by atoms with Crippen molar-refractivity contribution in [2.45, 2.75) is 17.5 Å². The second-order valence-electron chi connectivity index (χ2n) is 7.89. The van der Waals surface area contributed by atoms with E-state index >= 15 is 0 Å². The highest BCUT2D eigenvalue weighted by atomic mass is 35.5. The van der Waals surface area contributed by atoms with E-state index in [-0.39, 0.29) is 43.6 Å². The minimum Gasteiger partial charge on any atom is -0.396 e. The van der Waals surface area contributed by atoms with Crippen molar-refractivity contribution in [3.05, 3.63) is 58.6 Å². The SMILES string of the molecule is O=C(c1cc2ncccc2s1)N1CCN(S(=O)(=O)c2cc3ccc(Cl)cc3[nH]2)CC1CCO. The highest BCUT2D eigenvalue weighted by Gasteiger charge is 2.37. The molecular weight excluding hydrogens is 484 g/mol. The third-order valence-electron chi connectivity index (χ3n) is 5.84. The number of sulfonamides is 1. The number of aromatic nitrogens is 2.